The molecule has 0 aromatic rings. The first-order chi connectivity index (χ1) is 2.41. The predicted molar refractivity (Wildman–Crippen MR) is 11.2 cm³/mol. The Kier molecular flexibility index (Phi) is 35.8. The molecule has 0 atom stereocenters. The van der Waals surface area contributed by atoms with Gasteiger partial charge in [0.15, 0.2) is 0 Å². The molecule has 7 heavy (non-hydrogen) atoms. The molecule has 0 aliphatic rings. The van der Waals surface area contributed by atoms with Crippen molar-refractivity contribution >= 4 is 0 Å². The van der Waals surface area contributed by atoms with Crippen LogP contribution in [0.25, 0.3) is 0 Å². The Bertz CT molecular complexity index is 80.8. The molecule has 5 heteroatoms. The van der Waals surface area contributed by atoms with Gasteiger partial charge in [-0.3, -0.25) is 0 Å². The zero-order valence-corrected chi connectivity index (χ0v) is 6.15. The van der Waals surface area contributed by atoms with Crippen molar-refractivity contribution in [3.8, 4) is 9.94 Å². The Hall–Kier alpha value is 0.538. The second-order valence-electron chi connectivity index (χ2n) is 0.247. The van der Waals surface area contributed by atoms with Gasteiger partial charge < -0.3 is 0 Å². The van der Waals surface area contributed by atoms with Crippen LogP contribution < -0.4 is 0 Å². The Morgan fingerprint density at radius 2 is 1.43 bits per heavy atom. The molecule has 0 fully saturated rings. The van der Waals surface area contributed by atoms with E-state index in [1.54, 1.807) is 9.94 Å². The van der Waals surface area contributed by atoms with E-state index in [9.17, 15) is 0 Å². The maximum absolute atomic E-state index is 7.59. The van der Waals surface area contributed by atoms with E-state index in [-0.39, 0.29) is 49.1 Å². The summed E-state index contributed by atoms with van der Waals surface area (Å²) in [6.07, 6.45) is 0. The first-order valence-electron chi connectivity index (χ1n) is 0.801. The molecule has 0 aromatic carbocycles. The van der Waals surface area contributed by atoms with Crippen LogP contribution in [-0.2, 0) is 49.1 Å². The van der Waals surface area contributed by atoms with Crippen LogP contribution in [0.3, 0.4) is 0 Å². The maximum Gasteiger partial charge on any atom is 0 e. The molecule has 0 saturated heterocycles. The molecule has 0 amide bonds. The van der Waals surface area contributed by atoms with Crippen LogP contribution >= 0.6 is 0 Å². The molecule has 2 radical (unpaired) electrons. The second kappa shape index (κ2) is 16.0. The van der Waals surface area contributed by atoms with Gasteiger partial charge in [-0.15, -0.1) is 0 Å². The molecular weight excluding hydrogens is 226 g/mol. The molecule has 0 aliphatic carbocycles. The topological polar surface area (TPSA) is 47.6 Å². The third-order valence-corrected chi connectivity index (χ3v) is 0.326. The number of rotatable bonds is 0. The molecule has 0 N–H and O–H groups in total. The van der Waals surface area contributed by atoms with E-state index in [2.05, 4.69) is 0 Å². The molecule has 0 aliphatic heterocycles. The number of nitriles is 2. The molecule has 0 heterocycles. The number of hydrogen-bond acceptors (Lipinski definition) is 2. The van der Waals surface area contributed by atoms with E-state index in [4.69, 9.17) is 10.5 Å². The van der Waals surface area contributed by atoms with Crippen molar-refractivity contribution in [3.63, 3.8) is 0 Å². The number of nitrogens with zero attached hydrogens (tertiary/aromatic N) is 2. The molecule has 2 nitrogen and oxygen atoms in total. The standard InChI is InChI=1S/2CN.Cu.Fe.Mn/c2*1-2;;;. The van der Waals surface area contributed by atoms with Crippen molar-refractivity contribution in [2.45, 2.75) is 0 Å². The fourth-order valence-electron chi connectivity index (χ4n) is 0.0177. The summed E-state index contributed by atoms with van der Waals surface area (Å²) in [6, 6.07) is 0. The third-order valence-electron chi connectivity index (χ3n) is 0.0791. The molecular formula is C2CuFeMnN2. The van der Waals surface area contributed by atoms with Gasteiger partial charge in [-0.1, -0.05) is 0 Å². The molecule has 0 aromatic heterocycles. The van der Waals surface area contributed by atoms with Gasteiger partial charge in [-0.2, -0.15) is 0 Å². The molecule has 44 valence electrons. The van der Waals surface area contributed by atoms with Crippen molar-refractivity contribution in [2.24, 2.45) is 0 Å². The first-order valence-corrected chi connectivity index (χ1v) is 1.90. The van der Waals surface area contributed by atoms with Crippen LogP contribution in [0.4, 0.5) is 0 Å². The summed E-state index contributed by atoms with van der Waals surface area (Å²) >= 11 is 0. The smallest absolute Gasteiger partial charge is 0 e. The Morgan fingerprint density at radius 1 is 1.14 bits per heavy atom. The summed E-state index contributed by atoms with van der Waals surface area (Å²) in [6.45, 7) is 0. The zero-order chi connectivity index (χ0) is 4.12. The van der Waals surface area contributed by atoms with Gasteiger partial charge in [0, 0.05) is 34.1 Å². The van der Waals surface area contributed by atoms with E-state index >= 15 is 0 Å². The second-order valence-corrected chi connectivity index (χ2v) is 1.02. The van der Waals surface area contributed by atoms with Crippen LogP contribution in [0.1, 0.15) is 0 Å². The van der Waals surface area contributed by atoms with E-state index in [1.807, 2.05) is 0 Å². The van der Waals surface area contributed by atoms with Crippen LogP contribution in [0.15, 0.2) is 0 Å². The zero-order valence-electron chi connectivity index (χ0n) is 2.93. The number of hydrogen-bond donors (Lipinski definition) is 0. The minimum Gasteiger partial charge on any atom is 0 e. The van der Waals surface area contributed by atoms with E-state index in [1.165, 1.54) is 0 Å². The summed E-state index contributed by atoms with van der Waals surface area (Å²) in [5.41, 5.74) is 0. The summed E-state index contributed by atoms with van der Waals surface area (Å²) in [5.74, 6) is 0. The summed E-state index contributed by atoms with van der Waals surface area (Å²) < 4.78 is 0. The van der Waals surface area contributed by atoms with Crippen molar-refractivity contribution < 1.29 is 49.1 Å². The fourth-order valence-corrected chi connectivity index (χ4v) is 0.0729. The van der Waals surface area contributed by atoms with Crippen LogP contribution in [0.5, 0.6) is 0 Å². The van der Waals surface area contributed by atoms with Gasteiger partial charge in [0.25, 0.3) is 0 Å². The monoisotopic (exact) mass is 226 g/mol. The summed E-state index contributed by atoms with van der Waals surface area (Å²) in [4.78, 5) is 3.31. The van der Waals surface area contributed by atoms with Crippen molar-refractivity contribution in [1.29, 1.82) is 10.5 Å². The normalized spacial score (nSPS) is 3.71. The molecule has 0 bridgehead atoms. The van der Waals surface area contributed by atoms with Crippen molar-refractivity contribution in [3.05, 3.63) is 0 Å². The predicted octanol–water partition coefficient (Wildman–Crippen LogP) is 0.0261. The van der Waals surface area contributed by atoms with Crippen LogP contribution in [-0.4, -0.2) is 0 Å². The average molecular weight is 226 g/mol. The van der Waals surface area contributed by atoms with E-state index < -0.39 is 0 Å². The third kappa shape index (κ3) is 20.9. The minimum absolute atomic E-state index is 0. The van der Waals surface area contributed by atoms with Crippen LogP contribution in [0.2, 0.25) is 0 Å². The van der Waals surface area contributed by atoms with Gasteiger partial charge in [0.05, 0.1) is 0 Å². The largest absolute Gasteiger partial charge is 0 e. The Labute approximate surface area is 69.4 Å². The van der Waals surface area contributed by atoms with Crippen molar-refractivity contribution in [2.75, 3.05) is 0 Å². The summed E-state index contributed by atoms with van der Waals surface area (Å²) in [7, 11) is 0. The summed E-state index contributed by atoms with van der Waals surface area (Å²) in [5, 5.41) is 15.2. The van der Waals surface area contributed by atoms with Gasteiger partial charge >= 0.3 is 35.4 Å². The van der Waals surface area contributed by atoms with E-state index in [0.29, 0.717) is 0 Å². The molecule has 0 rings (SSSR count). The van der Waals surface area contributed by atoms with E-state index in [0.717, 1.165) is 0 Å². The minimum atomic E-state index is 0. The first kappa shape index (κ1) is 15.6. The van der Waals surface area contributed by atoms with Crippen LogP contribution in [0, 0.1) is 20.5 Å². The molecule has 0 unspecified atom stereocenters. The Morgan fingerprint density at radius 3 is 1.43 bits per heavy atom. The SMILES string of the molecule is N#[C][Fe][C]#N.[Cu].[Mn]. The van der Waals surface area contributed by atoms with Gasteiger partial charge in [0.2, 0.25) is 0 Å². The fraction of sp³-hybridized carbons (Fsp3) is 0. The van der Waals surface area contributed by atoms with Gasteiger partial charge in [-0.05, 0) is 0 Å². The molecule has 0 saturated carbocycles. The van der Waals surface area contributed by atoms with Gasteiger partial charge in [0.1, 0.15) is 0 Å². The Balaban J connectivity index is -0.0000000800. The van der Waals surface area contributed by atoms with Crippen molar-refractivity contribution in [1.82, 2.24) is 0 Å². The molecule has 0 spiro atoms. The maximum atomic E-state index is 7.59. The van der Waals surface area contributed by atoms with Gasteiger partial charge in [-0.25, -0.2) is 0 Å². The average Bonchev–Trinajstić information content (AvgIpc) is 1.41. The quantitative estimate of drug-likeness (QED) is 0.547.